The van der Waals surface area contributed by atoms with Crippen molar-refractivity contribution in [3.63, 3.8) is 0 Å². The van der Waals surface area contributed by atoms with E-state index in [9.17, 15) is 4.79 Å². The van der Waals surface area contributed by atoms with Crippen LogP contribution in [0.25, 0.3) is 0 Å². The third-order valence-electron chi connectivity index (χ3n) is 3.53. The molecule has 0 aliphatic carbocycles. The van der Waals surface area contributed by atoms with Crippen molar-refractivity contribution in [2.45, 2.75) is 19.0 Å². The van der Waals surface area contributed by atoms with Crippen molar-refractivity contribution in [1.29, 1.82) is 0 Å². The van der Waals surface area contributed by atoms with Gasteiger partial charge in [-0.1, -0.05) is 36.4 Å². The van der Waals surface area contributed by atoms with Gasteiger partial charge in [-0.15, -0.1) is 0 Å². The zero-order chi connectivity index (χ0) is 13.2. The van der Waals surface area contributed by atoms with Crippen molar-refractivity contribution in [3.05, 3.63) is 65.7 Å². The Labute approximate surface area is 112 Å². The van der Waals surface area contributed by atoms with Crippen LogP contribution in [0.15, 0.2) is 54.6 Å². The van der Waals surface area contributed by atoms with E-state index < -0.39 is 0 Å². The SMILES string of the molecule is NC1CCc2ccccc2N1C(=O)c1ccccc1. The molecule has 19 heavy (non-hydrogen) atoms. The van der Waals surface area contributed by atoms with Crippen molar-refractivity contribution < 1.29 is 4.79 Å². The number of rotatable bonds is 1. The molecular weight excluding hydrogens is 236 g/mol. The van der Waals surface area contributed by atoms with Gasteiger partial charge in [-0.05, 0) is 36.6 Å². The maximum absolute atomic E-state index is 12.6. The largest absolute Gasteiger partial charge is 0.311 e. The summed E-state index contributed by atoms with van der Waals surface area (Å²) >= 11 is 0. The number of hydrogen-bond acceptors (Lipinski definition) is 2. The van der Waals surface area contributed by atoms with Crippen LogP contribution in [0.5, 0.6) is 0 Å². The quantitative estimate of drug-likeness (QED) is 0.847. The van der Waals surface area contributed by atoms with E-state index in [0.29, 0.717) is 5.56 Å². The maximum Gasteiger partial charge on any atom is 0.259 e. The van der Waals surface area contributed by atoms with Gasteiger partial charge in [0.1, 0.15) is 0 Å². The lowest BCUT2D eigenvalue weighted by Gasteiger charge is -2.35. The number of nitrogens with two attached hydrogens (primary N) is 1. The number of carbonyl (C=O) groups excluding carboxylic acids is 1. The van der Waals surface area contributed by atoms with Crippen molar-refractivity contribution >= 4 is 11.6 Å². The van der Waals surface area contributed by atoms with Crippen molar-refractivity contribution in [2.24, 2.45) is 5.73 Å². The van der Waals surface area contributed by atoms with E-state index in [4.69, 9.17) is 5.73 Å². The number of carbonyl (C=O) groups is 1. The molecule has 0 fully saturated rings. The van der Waals surface area contributed by atoms with E-state index in [1.165, 1.54) is 5.56 Å². The summed E-state index contributed by atoms with van der Waals surface area (Å²) in [6, 6.07) is 17.3. The van der Waals surface area contributed by atoms with Crippen LogP contribution in [-0.2, 0) is 6.42 Å². The summed E-state index contributed by atoms with van der Waals surface area (Å²) in [5, 5.41) is 0. The van der Waals surface area contributed by atoms with Gasteiger partial charge in [0, 0.05) is 11.3 Å². The molecule has 1 heterocycles. The number of benzene rings is 2. The number of anilines is 1. The van der Waals surface area contributed by atoms with E-state index in [0.717, 1.165) is 18.5 Å². The predicted octanol–water partition coefficient (Wildman–Crippen LogP) is 2.56. The molecule has 3 heteroatoms. The first-order chi connectivity index (χ1) is 9.27. The van der Waals surface area contributed by atoms with Gasteiger partial charge in [0.25, 0.3) is 5.91 Å². The summed E-state index contributed by atoms with van der Waals surface area (Å²) in [4.78, 5) is 14.3. The average Bonchev–Trinajstić information content (AvgIpc) is 2.47. The smallest absolute Gasteiger partial charge is 0.259 e. The number of para-hydroxylation sites is 1. The monoisotopic (exact) mass is 252 g/mol. The molecule has 0 aromatic heterocycles. The first-order valence-corrected chi connectivity index (χ1v) is 6.49. The number of amides is 1. The van der Waals surface area contributed by atoms with Crippen LogP contribution in [0, 0.1) is 0 Å². The molecular formula is C16H16N2O. The Morgan fingerprint density at radius 1 is 1.05 bits per heavy atom. The summed E-state index contributed by atoms with van der Waals surface area (Å²) < 4.78 is 0. The molecule has 0 spiro atoms. The molecule has 2 aromatic carbocycles. The number of hydrogen-bond donors (Lipinski definition) is 1. The Bertz CT molecular complexity index is 595. The minimum absolute atomic E-state index is 0.0275. The molecule has 1 atom stereocenters. The zero-order valence-electron chi connectivity index (χ0n) is 10.6. The van der Waals surface area contributed by atoms with Crippen molar-refractivity contribution in [1.82, 2.24) is 0 Å². The fourth-order valence-electron chi connectivity index (χ4n) is 2.55. The third kappa shape index (κ3) is 2.13. The summed E-state index contributed by atoms with van der Waals surface area (Å²) in [6.07, 6.45) is 1.48. The first-order valence-electron chi connectivity index (χ1n) is 6.49. The Kier molecular flexibility index (Phi) is 3.05. The standard InChI is InChI=1S/C16H16N2O/c17-15-11-10-12-6-4-5-9-14(12)18(15)16(19)13-7-2-1-3-8-13/h1-9,15H,10-11,17H2. The second-order valence-corrected chi connectivity index (χ2v) is 4.78. The predicted molar refractivity (Wildman–Crippen MR) is 76.0 cm³/mol. The molecule has 0 saturated heterocycles. The van der Waals surface area contributed by atoms with Gasteiger partial charge in [0.2, 0.25) is 0 Å². The van der Waals surface area contributed by atoms with Gasteiger partial charge in [-0.3, -0.25) is 9.69 Å². The normalized spacial score (nSPS) is 17.9. The minimum atomic E-state index is -0.248. The number of fused-ring (bicyclic) bond motifs is 1. The van der Waals surface area contributed by atoms with Gasteiger partial charge in [-0.2, -0.15) is 0 Å². The zero-order valence-corrected chi connectivity index (χ0v) is 10.6. The Hall–Kier alpha value is -2.13. The lowest BCUT2D eigenvalue weighted by atomic mass is 9.99. The molecule has 3 rings (SSSR count). The van der Waals surface area contributed by atoms with E-state index in [1.807, 2.05) is 48.5 Å². The van der Waals surface area contributed by atoms with Crippen LogP contribution in [-0.4, -0.2) is 12.1 Å². The molecule has 1 aliphatic rings. The minimum Gasteiger partial charge on any atom is -0.311 e. The Balaban J connectivity index is 2.02. The molecule has 1 amide bonds. The van der Waals surface area contributed by atoms with E-state index in [1.54, 1.807) is 4.90 Å². The van der Waals surface area contributed by atoms with Gasteiger partial charge in [0.15, 0.2) is 0 Å². The van der Waals surface area contributed by atoms with Crippen LogP contribution in [0.1, 0.15) is 22.3 Å². The fourth-order valence-corrected chi connectivity index (χ4v) is 2.55. The van der Waals surface area contributed by atoms with Gasteiger partial charge < -0.3 is 5.73 Å². The highest BCUT2D eigenvalue weighted by atomic mass is 16.2. The van der Waals surface area contributed by atoms with Crippen LogP contribution in [0.4, 0.5) is 5.69 Å². The van der Waals surface area contributed by atoms with Gasteiger partial charge >= 0.3 is 0 Å². The molecule has 2 N–H and O–H groups in total. The fraction of sp³-hybridized carbons (Fsp3) is 0.188. The second-order valence-electron chi connectivity index (χ2n) is 4.78. The van der Waals surface area contributed by atoms with Crippen molar-refractivity contribution in [3.8, 4) is 0 Å². The third-order valence-corrected chi connectivity index (χ3v) is 3.53. The summed E-state index contributed by atoms with van der Waals surface area (Å²) in [5.41, 5.74) is 8.94. The van der Waals surface area contributed by atoms with Crippen LogP contribution < -0.4 is 10.6 Å². The molecule has 0 saturated carbocycles. The topological polar surface area (TPSA) is 46.3 Å². The first kappa shape index (κ1) is 11.9. The lowest BCUT2D eigenvalue weighted by Crippen LogP contribution is -2.49. The van der Waals surface area contributed by atoms with Gasteiger partial charge in [0.05, 0.1) is 6.17 Å². The molecule has 1 unspecified atom stereocenters. The number of aryl methyl sites for hydroxylation is 1. The summed E-state index contributed by atoms with van der Waals surface area (Å²) in [5.74, 6) is -0.0275. The highest BCUT2D eigenvalue weighted by molar-refractivity contribution is 6.07. The highest BCUT2D eigenvalue weighted by Crippen LogP contribution is 2.30. The molecule has 2 aromatic rings. The number of nitrogens with zero attached hydrogens (tertiary/aromatic N) is 1. The molecule has 3 nitrogen and oxygen atoms in total. The average molecular weight is 252 g/mol. The Morgan fingerprint density at radius 2 is 1.74 bits per heavy atom. The molecule has 96 valence electrons. The van der Waals surface area contributed by atoms with E-state index in [-0.39, 0.29) is 12.1 Å². The highest BCUT2D eigenvalue weighted by Gasteiger charge is 2.28. The van der Waals surface area contributed by atoms with Crippen LogP contribution >= 0.6 is 0 Å². The van der Waals surface area contributed by atoms with Crippen LogP contribution in [0.2, 0.25) is 0 Å². The van der Waals surface area contributed by atoms with Crippen LogP contribution in [0.3, 0.4) is 0 Å². The molecule has 1 aliphatic heterocycles. The van der Waals surface area contributed by atoms with Crippen molar-refractivity contribution in [2.75, 3.05) is 4.90 Å². The Morgan fingerprint density at radius 3 is 2.53 bits per heavy atom. The second kappa shape index (κ2) is 4.86. The van der Waals surface area contributed by atoms with E-state index in [2.05, 4.69) is 6.07 Å². The van der Waals surface area contributed by atoms with Gasteiger partial charge in [-0.25, -0.2) is 0 Å². The van der Waals surface area contributed by atoms with E-state index >= 15 is 0 Å². The maximum atomic E-state index is 12.6. The summed E-state index contributed by atoms with van der Waals surface area (Å²) in [7, 11) is 0. The molecule has 0 bridgehead atoms. The summed E-state index contributed by atoms with van der Waals surface area (Å²) in [6.45, 7) is 0. The molecule has 0 radical (unpaired) electrons. The lowest BCUT2D eigenvalue weighted by molar-refractivity contribution is 0.0974.